The van der Waals surface area contributed by atoms with E-state index in [0.717, 1.165) is 6.07 Å². The van der Waals surface area contributed by atoms with E-state index in [0.29, 0.717) is 12.8 Å². The Hall–Kier alpha value is -1.97. The Morgan fingerprint density at radius 3 is 2.70 bits per heavy atom. The van der Waals surface area contributed by atoms with E-state index in [9.17, 15) is 21.6 Å². The minimum atomic E-state index is -4.83. The van der Waals surface area contributed by atoms with Gasteiger partial charge in [-0.2, -0.15) is 0 Å². The van der Waals surface area contributed by atoms with Gasteiger partial charge in [-0.15, -0.1) is 13.2 Å². The molecule has 0 amide bonds. The number of para-hydroxylation sites is 2. The van der Waals surface area contributed by atoms with Gasteiger partial charge in [-0.05, 0) is 25.0 Å². The molecule has 6 nitrogen and oxygen atoms in total. The average Bonchev–Trinajstić information content (AvgIpc) is 2.76. The Kier molecular flexibility index (Phi) is 5.03. The molecule has 1 aromatic carbocycles. The standard InChI is InChI=1S/C13H16F3N3O3S/c14-13(15,16)22-11-6-2-1-5-10(11)19-12(17)18-8-9-4-3-7-23(9,20)21/h1-2,5-6,9H,3-4,7-8H2,(H3,17,18,19). The molecule has 0 bridgehead atoms. The Bertz CT molecular complexity index is 689. The first-order valence-electron chi connectivity index (χ1n) is 6.81. The SMILES string of the molecule is NC(=NCC1CCCS1(=O)=O)Nc1ccccc1OC(F)(F)F. The van der Waals surface area contributed by atoms with Crippen molar-refractivity contribution in [1.29, 1.82) is 0 Å². The largest absolute Gasteiger partial charge is 0.573 e. The smallest absolute Gasteiger partial charge is 0.404 e. The molecule has 0 radical (unpaired) electrons. The molecule has 1 aliphatic rings. The van der Waals surface area contributed by atoms with Gasteiger partial charge in [0.1, 0.15) is 0 Å². The van der Waals surface area contributed by atoms with Crippen LogP contribution in [0.25, 0.3) is 0 Å². The Labute approximate surface area is 131 Å². The lowest BCUT2D eigenvalue weighted by atomic mass is 10.2. The van der Waals surface area contributed by atoms with Gasteiger partial charge in [-0.1, -0.05) is 12.1 Å². The van der Waals surface area contributed by atoms with Gasteiger partial charge < -0.3 is 15.8 Å². The van der Waals surface area contributed by atoms with Gasteiger partial charge in [0.05, 0.1) is 23.2 Å². The van der Waals surface area contributed by atoms with Crippen molar-refractivity contribution in [2.45, 2.75) is 24.5 Å². The number of rotatable bonds is 4. The molecule has 1 saturated heterocycles. The second kappa shape index (κ2) is 6.65. The van der Waals surface area contributed by atoms with Crippen LogP contribution < -0.4 is 15.8 Å². The highest BCUT2D eigenvalue weighted by atomic mass is 32.2. The van der Waals surface area contributed by atoms with Crippen LogP contribution in [0.5, 0.6) is 5.75 Å². The Balaban J connectivity index is 2.05. The zero-order valence-corrected chi connectivity index (χ0v) is 12.8. The van der Waals surface area contributed by atoms with Gasteiger partial charge >= 0.3 is 6.36 Å². The third-order valence-electron chi connectivity index (χ3n) is 3.30. The Morgan fingerprint density at radius 2 is 2.09 bits per heavy atom. The fourth-order valence-corrected chi connectivity index (χ4v) is 3.95. The van der Waals surface area contributed by atoms with Crippen molar-refractivity contribution in [3.05, 3.63) is 24.3 Å². The second-order valence-electron chi connectivity index (χ2n) is 5.03. The topological polar surface area (TPSA) is 93.8 Å². The number of halogens is 3. The second-order valence-corrected chi connectivity index (χ2v) is 7.43. The van der Waals surface area contributed by atoms with Crippen LogP contribution in [-0.4, -0.2) is 38.3 Å². The maximum Gasteiger partial charge on any atom is 0.573 e. The van der Waals surface area contributed by atoms with Crippen molar-refractivity contribution in [1.82, 2.24) is 0 Å². The fraction of sp³-hybridized carbons (Fsp3) is 0.462. The molecule has 128 valence electrons. The summed E-state index contributed by atoms with van der Waals surface area (Å²) in [4.78, 5) is 3.90. The molecule has 10 heteroatoms. The molecule has 0 aliphatic carbocycles. The number of guanidine groups is 1. The zero-order chi connectivity index (χ0) is 17.1. The van der Waals surface area contributed by atoms with E-state index in [1.807, 2.05) is 0 Å². The van der Waals surface area contributed by atoms with Crippen LogP contribution in [0.3, 0.4) is 0 Å². The molecule has 1 fully saturated rings. The predicted octanol–water partition coefficient (Wildman–Crippen LogP) is 1.89. The number of sulfone groups is 1. The van der Waals surface area contributed by atoms with E-state index in [1.54, 1.807) is 0 Å². The third kappa shape index (κ3) is 5.02. The maximum atomic E-state index is 12.3. The van der Waals surface area contributed by atoms with Crippen LogP contribution in [0.1, 0.15) is 12.8 Å². The fourth-order valence-electron chi connectivity index (χ4n) is 2.22. The van der Waals surface area contributed by atoms with Crippen molar-refractivity contribution >= 4 is 21.5 Å². The van der Waals surface area contributed by atoms with Crippen molar-refractivity contribution in [3.8, 4) is 5.75 Å². The lowest BCUT2D eigenvalue weighted by Gasteiger charge is -2.14. The number of ether oxygens (including phenoxy) is 1. The number of hydrogen-bond donors (Lipinski definition) is 2. The molecule has 23 heavy (non-hydrogen) atoms. The number of hydrogen-bond acceptors (Lipinski definition) is 4. The minimum Gasteiger partial charge on any atom is -0.404 e. The predicted molar refractivity (Wildman–Crippen MR) is 80.0 cm³/mol. The van der Waals surface area contributed by atoms with Gasteiger partial charge in [0, 0.05) is 0 Å². The van der Waals surface area contributed by atoms with E-state index >= 15 is 0 Å². The van der Waals surface area contributed by atoms with Crippen molar-refractivity contribution in [2.24, 2.45) is 10.7 Å². The van der Waals surface area contributed by atoms with Crippen LogP contribution in [0.4, 0.5) is 18.9 Å². The number of benzene rings is 1. The number of nitrogens with two attached hydrogens (primary N) is 1. The highest BCUT2D eigenvalue weighted by Crippen LogP contribution is 2.29. The lowest BCUT2D eigenvalue weighted by Crippen LogP contribution is -2.27. The summed E-state index contributed by atoms with van der Waals surface area (Å²) in [6, 6.07) is 5.35. The van der Waals surface area contributed by atoms with Crippen molar-refractivity contribution in [3.63, 3.8) is 0 Å². The molecule has 1 atom stereocenters. The van der Waals surface area contributed by atoms with E-state index in [1.165, 1.54) is 18.2 Å². The van der Waals surface area contributed by atoms with Gasteiger partial charge in [-0.25, -0.2) is 8.42 Å². The van der Waals surface area contributed by atoms with E-state index in [2.05, 4.69) is 15.0 Å². The summed E-state index contributed by atoms with van der Waals surface area (Å²) in [6.45, 7) is -0.0243. The molecule has 1 aliphatic heterocycles. The summed E-state index contributed by atoms with van der Waals surface area (Å²) in [5.41, 5.74) is 5.60. The first-order valence-corrected chi connectivity index (χ1v) is 8.52. The highest BCUT2D eigenvalue weighted by molar-refractivity contribution is 7.92. The summed E-state index contributed by atoms with van der Waals surface area (Å²) in [5, 5.41) is 1.90. The molecule has 3 N–H and O–H groups in total. The number of nitrogens with zero attached hydrogens (tertiary/aromatic N) is 1. The summed E-state index contributed by atoms with van der Waals surface area (Å²) in [7, 11) is -3.15. The third-order valence-corrected chi connectivity index (χ3v) is 5.56. The molecular formula is C13H16F3N3O3S. The number of nitrogens with one attached hydrogen (secondary N) is 1. The van der Waals surface area contributed by atoms with Crippen LogP contribution >= 0.6 is 0 Å². The van der Waals surface area contributed by atoms with Crippen LogP contribution in [-0.2, 0) is 9.84 Å². The minimum absolute atomic E-state index is 0.0136. The molecular weight excluding hydrogens is 335 g/mol. The van der Waals surface area contributed by atoms with Gasteiger partial charge in [0.15, 0.2) is 21.5 Å². The van der Waals surface area contributed by atoms with Crippen molar-refractivity contribution in [2.75, 3.05) is 17.6 Å². The first kappa shape index (κ1) is 17.4. The lowest BCUT2D eigenvalue weighted by molar-refractivity contribution is -0.274. The van der Waals surface area contributed by atoms with Gasteiger partial charge in [0.2, 0.25) is 0 Å². The number of aliphatic imine (C=N–C) groups is 1. The van der Waals surface area contributed by atoms with E-state index in [4.69, 9.17) is 5.73 Å². The molecule has 1 heterocycles. The van der Waals surface area contributed by atoms with Crippen molar-refractivity contribution < 1.29 is 26.3 Å². The summed E-state index contributed by atoms with van der Waals surface area (Å²) in [5.74, 6) is -0.500. The summed E-state index contributed by atoms with van der Waals surface area (Å²) >= 11 is 0. The summed E-state index contributed by atoms with van der Waals surface area (Å²) < 4.78 is 64.2. The molecule has 1 aromatic rings. The van der Waals surface area contributed by atoms with Crippen LogP contribution in [0.2, 0.25) is 0 Å². The molecule has 0 spiro atoms. The average molecular weight is 351 g/mol. The molecule has 1 unspecified atom stereocenters. The quantitative estimate of drug-likeness (QED) is 0.638. The zero-order valence-electron chi connectivity index (χ0n) is 12.0. The van der Waals surface area contributed by atoms with Gasteiger partial charge in [-0.3, -0.25) is 4.99 Å². The van der Waals surface area contributed by atoms with Crippen LogP contribution in [0.15, 0.2) is 29.3 Å². The molecule has 0 saturated carbocycles. The number of anilines is 1. The molecule has 0 aromatic heterocycles. The maximum absolute atomic E-state index is 12.3. The van der Waals surface area contributed by atoms with E-state index in [-0.39, 0.29) is 23.9 Å². The highest BCUT2D eigenvalue weighted by Gasteiger charge is 2.32. The normalized spacial score (nSPS) is 21.2. The van der Waals surface area contributed by atoms with Gasteiger partial charge in [0.25, 0.3) is 0 Å². The monoisotopic (exact) mass is 351 g/mol. The number of alkyl halides is 3. The first-order chi connectivity index (χ1) is 10.7. The van der Waals surface area contributed by atoms with E-state index < -0.39 is 27.2 Å². The van der Waals surface area contributed by atoms with Crippen LogP contribution in [0, 0.1) is 0 Å². The summed E-state index contributed by atoms with van der Waals surface area (Å²) in [6.07, 6.45) is -3.74. The molecule has 2 rings (SSSR count). The Morgan fingerprint density at radius 1 is 1.39 bits per heavy atom.